The van der Waals surface area contributed by atoms with Crippen LogP contribution in [-0.2, 0) is 38.6 Å². The van der Waals surface area contributed by atoms with Crippen LogP contribution >= 0.6 is 0 Å². The summed E-state index contributed by atoms with van der Waals surface area (Å²) in [6, 6.07) is 43.0. The van der Waals surface area contributed by atoms with Crippen molar-refractivity contribution in [2.75, 3.05) is 20.7 Å². The molecule has 55 heavy (non-hydrogen) atoms. The summed E-state index contributed by atoms with van der Waals surface area (Å²) in [5, 5.41) is 15.4. The summed E-state index contributed by atoms with van der Waals surface area (Å²) in [7, 11) is 3.45. The van der Waals surface area contributed by atoms with Crippen molar-refractivity contribution in [3.63, 3.8) is 0 Å². The highest BCUT2D eigenvalue weighted by molar-refractivity contribution is 5.84. The van der Waals surface area contributed by atoms with Crippen LogP contribution in [0.5, 0.6) is 0 Å². The van der Waals surface area contributed by atoms with Gasteiger partial charge in [0.1, 0.15) is 6.04 Å². The van der Waals surface area contributed by atoms with Gasteiger partial charge in [0.2, 0.25) is 0 Å². The van der Waals surface area contributed by atoms with E-state index in [0.717, 1.165) is 38.9 Å². The first-order chi connectivity index (χ1) is 26.7. The Morgan fingerprint density at radius 3 is 2.11 bits per heavy atom. The molecular formula is C46H51N3O6. The highest BCUT2D eigenvalue weighted by Gasteiger charge is 2.39. The number of nitrogens with one attached hydrogen (secondary N) is 2. The molecule has 5 aromatic rings. The third-order valence-electron chi connectivity index (χ3n) is 10.6. The fourth-order valence-corrected chi connectivity index (χ4v) is 7.10. The maximum absolute atomic E-state index is 13.0. The molecule has 6 rings (SSSR count). The van der Waals surface area contributed by atoms with Gasteiger partial charge in [-0.05, 0) is 52.9 Å². The number of carbonyl (C=O) groups is 2. The average Bonchev–Trinajstić information content (AvgIpc) is 3.23. The lowest BCUT2D eigenvalue weighted by molar-refractivity contribution is -0.276. The Morgan fingerprint density at radius 1 is 0.800 bits per heavy atom. The number of urea groups is 1. The predicted molar refractivity (Wildman–Crippen MR) is 214 cm³/mol. The Bertz CT molecular complexity index is 1970. The molecule has 0 bridgehead atoms. The molecule has 0 radical (unpaired) electrons. The molecule has 9 nitrogen and oxygen atoms in total. The van der Waals surface area contributed by atoms with Crippen molar-refractivity contribution in [3.8, 4) is 11.1 Å². The molecule has 1 heterocycles. The molecule has 1 aliphatic heterocycles. The molecular weight excluding hydrogens is 691 g/mol. The third kappa shape index (κ3) is 10.1. The molecule has 0 aromatic heterocycles. The van der Waals surface area contributed by atoms with Gasteiger partial charge in [-0.1, -0.05) is 140 Å². The summed E-state index contributed by atoms with van der Waals surface area (Å²) in [5.41, 5.74) is 7.83. The minimum atomic E-state index is -0.825. The van der Waals surface area contributed by atoms with Gasteiger partial charge in [0.05, 0.1) is 25.9 Å². The monoisotopic (exact) mass is 741 g/mol. The first-order valence-electron chi connectivity index (χ1n) is 18.8. The van der Waals surface area contributed by atoms with Gasteiger partial charge < -0.3 is 30.0 Å². The molecule has 3 N–H and O–H groups in total. The average molecular weight is 742 g/mol. The molecule has 2 amide bonds. The molecule has 1 saturated heterocycles. The molecule has 0 spiro atoms. The fraction of sp³-hybridized carbons (Fsp3) is 0.304. The Hall–Kier alpha value is -5.32. The van der Waals surface area contributed by atoms with Crippen LogP contribution in [0.3, 0.4) is 0 Å². The number of likely N-dealkylation sites (N-methyl/N-ethyl adjacent to an activating group) is 1. The standard InChI is InChI=1S/C46H51N3O6/c1-31-42(29-49(3)32(2)35-15-9-6-10-16-35)54-45(55-43(31)37-21-19-34(30-50)20-22-37)38-25-23-36(24-26-38)40-18-12-11-17-39(40)28-47-46(52)48-41(44(51)53-4)27-33-13-7-5-8-14-33/h5-26,31-32,41-43,45,50H,27-30H2,1-4H3,(H2,47,48,52)/t31-,32-,41-,42+,43+,45+/m0/s1. The van der Waals surface area contributed by atoms with E-state index in [0.29, 0.717) is 13.0 Å². The van der Waals surface area contributed by atoms with Crippen LogP contribution in [0.2, 0.25) is 0 Å². The second-order valence-corrected chi connectivity index (χ2v) is 14.2. The van der Waals surface area contributed by atoms with Crippen molar-refractivity contribution in [1.29, 1.82) is 0 Å². The van der Waals surface area contributed by atoms with Gasteiger partial charge in [0.15, 0.2) is 6.29 Å². The third-order valence-corrected chi connectivity index (χ3v) is 10.6. The van der Waals surface area contributed by atoms with Crippen LogP contribution < -0.4 is 10.6 Å². The van der Waals surface area contributed by atoms with Gasteiger partial charge in [0.25, 0.3) is 0 Å². The zero-order valence-corrected chi connectivity index (χ0v) is 31.9. The largest absolute Gasteiger partial charge is 0.467 e. The first-order valence-corrected chi connectivity index (χ1v) is 18.8. The molecule has 6 atom stereocenters. The number of nitrogens with zero attached hydrogens (tertiary/aromatic N) is 1. The molecule has 0 unspecified atom stereocenters. The molecule has 5 aromatic carbocycles. The number of aliphatic hydroxyl groups is 1. The molecule has 0 aliphatic carbocycles. The molecule has 1 fully saturated rings. The van der Waals surface area contributed by atoms with E-state index in [2.05, 4.69) is 72.8 Å². The van der Waals surface area contributed by atoms with Crippen molar-refractivity contribution in [3.05, 3.63) is 167 Å². The van der Waals surface area contributed by atoms with Crippen LogP contribution in [0.25, 0.3) is 11.1 Å². The quantitative estimate of drug-likeness (QED) is 0.0993. The van der Waals surface area contributed by atoms with Gasteiger partial charge in [-0.25, -0.2) is 9.59 Å². The van der Waals surface area contributed by atoms with Gasteiger partial charge in [0, 0.05) is 37.0 Å². The summed E-state index contributed by atoms with van der Waals surface area (Å²) in [6.07, 6.45) is -0.627. The number of aliphatic hydroxyl groups excluding tert-OH is 1. The fourth-order valence-electron chi connectivity index (χ4n) is 7.10. The number of methoxy groups -OCH3 is 1. The molecule has 0 saturated carbocycles. The van der Waals surface area contributed by atoms with E-state index < -0.39 is 24.3 Å². The van der Waals surface area contributed by atoms with Gasteiger partial charge in [-0.2, -0.15) is 0 Å². The highest BCUT2D eigenvalue weighted by atomic mass is 16.7. The van der Waals surface area contributed by atoms with Crippen LogP contribution in [0.4, 0.5) is 4.79 Å². The van der Waals surface area contributed by atoms with Gasteiger partial charge >= 0.3 is 12.0 Å². The topological polar surface area (TPSA) is 109 Å². The van der Waals surface area contributed by atoms with Crippen molar-refractivity contribution < 1.29 is 28.9 Å². The van der Waals surface area contributed by atoms with Crippen LogP contribution in [0.1, 0.15) is 65.7 Å². The van der Waals surface area contributed by atoms with Crippen LogP contribution in [-0.4, -0.2) is 54.9 Å². The first kappa shape index (κ1) is 39.4. The number of hydrogen-bond donors (Lipinski definition) is 3. The second-order valence-electron chi connectivity index (χ2n) is 14.2. The van der Waals surface area contributed by atoms with Gasteiger partial charge in [-0.15, -0.1) is 0 Å². The van der Waals surface area contributed by atoms with Crippen molar-refractivity contribution >= 4 is 12.0 Å². The van der Waals surface area contributed by atoms with E-state index in [4.69, 9.17) is 14.2 Å². The molecule has 9 heteroatoms. The van der Waals surface area contributed by atoms with Crippen LogP contribution in [0, 0.1) is 5.92 Å². The summed E-state index contributed by atoms with van der Waals surface area (Å²) in [5.74, 6) is -0.454. The molecule has 286 valence electrons. The number of carbonyl (C=O) groups excluding carboxylic acids is 2. The lowest BCUT2D eigenvalue weighted by atomic mass is 9.89. The minimum absolute atomic E-state index is 0.0127. The zero-order valence-electron chi connectivity index (χ0n) is 31.9. The lowest BCUT2D eigenvalue weighted by Crippen LogP contribution is -2.47. The number of rotatable bonds is 14. The number of benzene rings is 5. The lowest BCUT2D eigenvalue weighted by Gasteiger charge is -2.43. The second kappa shape index (κ2) is 18.8. The van der Waals surface area contributed by atoms with Crippen LogP contribution in [0.15, 0.2) is 133 Å². The number of amides is 2. The molecule has 1 aliphatic rings. The smallest absolute Gasteiger partial charge is 0.328 e. The number of esters is 1. The van der Waals surface area contributed by atoms with E-state index in [1.165, 1.54) is 12.7 Å². The van der Waals surface area contributed by atoms with E-state index in [9.17, 15) is 14.7 Å². The van der Waals surface area contributed by atoms with E-state index >= 15 is 0 Å². The summed E-state index contributed by atoms with van der Waals surface area (Å²) in [4.78, 5) is 27.8. The minimum Gasteiger partial charge on any atom is -0.467 e. The van der Waals surface area contributed by atoms with Crippen molar-refractivity contribution in [2.24, 2.45) is 5.92 Å². The van der Waals surface area contributed by atoms with Crippen molar-refractivity contribution in [2.45, 2.75) is 64.0 Å². The normalized spacial score (nSPS) is 19.3. The Morgan fingerprint density at radius 2 is 1.44 bits per heavy atom. The van der Waals surface area contributed by atoms with E-state index in [1.54, 1.807) is 0 Å². The predicted octanol–water partition coefficient (Wildman–Crippen LogP) is 7.91. The number of hydrogen-bond acceptors (Lipinski definition) is 7. The summed E-state index contributed by atoms with van der Waals surface area (Å²) < 4.78 is 18.5. The zero-order chi connectivity index (χ0) is 38.7. The van der Waals surface area contributed by atoms with Crippen molar-refractivity contribution in [1.82, 2.24) is 15.5 Å². The highest BCUT2D eigenvalue weighted by Crippen LogP contribution is 2.42. The van der Waals surface area contributed by atoms with Gasteiger partial charge in [-0.3, -0.25) is 4.90 Å². The number of ether oxygens (including phenoxy) is 3. The van der Waals surface area contributed by atoms with E-state index in [-0.39, 0.29) is 37.3 Å². The Labute approximate surface area is 324 Å². The Kier molecular flexibility index (Phi) is 13.5. The maximum atomic E-state index is 13.0. The summed E-state index contributed by atoms with van der Waals surface area (Å²) >= 11 is 0. The van der Waals surface area contributed by atoms with E-state index in [1.807, 2.05) is 97.1 Å². The Balaban J connectivity index is 1.17. The summed E-state index contributed by atoms with van der Waals surface area (Å²) in [6.45, 7) is 5.34. The maximum Gasteiger partial charge on any atom is 0.328 e. The SMILES string of the molecule is COC(=O)[C@H](Cc1ccccc1)NC(=O)NCc1ccccc1-c1ccc([C@@H]2O[C@H](CN(C)[C@@H](C)c3ccccc3)[C@H](C)[C@H](c3ccc(CO)cc3)O2)cc1.